The van der Waals surface area contributed by atoms with Crippen molar-refractivity contribution in [3.05, 3.63) is 34.9 Å². The highest BCUT2D eigenvalue weighted by atomic mass is 35.5. The van der Waals surface area contributed by atoms with Crippen LogP contribution in [-0.2, 0) is 6.54 Å². The van der Waals surface area contributed by atoms with Gasteiger partial charge in [0.1, 0.15) is 0 Å². The molecular formula is C13H20ClNO. The molecule has 0 spiro atoms. The lowest BCUT2D eigenvalue weighted by molar-refractivity contribution is 0.214. The molecule has 0 heterocycles. The van der Waals surface area contributed by atoms with Gasteiger partial charge in [0.25, 0.3) is 0 Å². The number of aliphatic hydroxyl groups is 1. The maximum Gasteiger partial charge on any atom is 0.0448 e. The van der Waals surface area contributed by atoms with Crippen LogP contribution in [0.3, 0.4) is 0 Å². The van der Waals surface area contributed by atoms with E-state index in [0.29, 0.717) is 0 Å². The number of rotatable bonds is 6. The minimum atomic E-state index is 0.00832. The number of nitrogens with one attached hydrogen (secondary N) is 1. The van der Waals surface area contributed by atoms with E-state index in [1.165, 1.54) is 5.56 Å². The summed E-state index contributed by atoms with van der Waals surface area (Å²) in [7, 11) is 0. The van der Waals surface area contributed by atoms with Gasteiger partial charge in [-0.25, -0.2) is 0 Å². The van der Waals surface area contributed by atoms with Crippen LogP contribution >= 0.6 is 11.6 Å². The molecule has 0 fully saturated rings. The SMILES string of the molecule is CCC(C)(CCO)NCc1ccc(Cl)cc1. The first-order valence-electron chi connectivity index (χ1n) is 5.70. The van der Waals surface area contributed by atoms with Crippen molar-refractivity contribution in [1.29, 1.82) is 0 Å². The highest BCUT2D eigenvalue weighted by Crippen LogP contribution is 2.15. The fourth-order valence-electron chi connectivity index (χ4n) is 1.55. The van der Waals surface area contributed by atoms with E-state index in [1.807, 2.05) is 24.3 Å². The summed E-state index contributed by atoms with van der Waals surface area (Å²) in [5.41, 5.74) is 1.22. The molecule has 0 radical (unpaired) electrons. The molecule has 0 saturated carbocycles. The Morgan fingerprint density at radius 2 is 1.94 bits per heavy atom. The van der Waals surface area contributed by atoms with Gasteiger partial charge in [-0.15, -0.1) is 0 Å². The molecule has 1 aromatic carbocycles. The van der Waals surface area contributed by atoms with Crippen molar-refractivity contribution in [2.75, 3.05) is 6.61 Å². The molecule has 0 aromatic heterocycles. The Morgan fingerprint density at radius 3 is 2.44 bits per heavy atom. The summed E-state index contributed by atoms with van der Waals surface area (Å²) in [4.78, 5) is 0. The molecule has 0 bridgehead atoms. The summed E-state index contributed by atoms with van der Waals surface area (Å²) in [6, 6.07) is 7.83. The topological polar surface area (TPSA) is 32.3 Å². The quantitative estimate of drug-likeness (QED) is 0.803. The summed E-state index contributed by atoms with van der Waals surface area (Å²) < 4.78 is 0. The van der Waals surface area contributed by atoms with Crippen LogP contribution in [0.25, 0.3) is 0 Å². The minimum absolute atomic E-state index is 0.00832. The molecule has 1 rings (SSSR count). The highest BCUT2D eigenvalue weighted by Gasteiger charge is 2.19. The first-order chi connectivity index (χ1) is 7.59. The van der Waals surface area contributed by atoms with Crippen molar-refractivity contribution >= 4 is 11.6 Å². The fourth-order valence-corrected chi connectivity index (χ4v) is 1.68. The van der Waals surface area contributed by atoms with Crippen LogP contribution < -0.4 is 5.32 Å². The normalized spacial score (nSPS) is 14.8. The highest BCUT2D eigenvalue weighted by molar-refractivity contribution is 6.30. The van der Waals surface area contributed by atoms with Gasteiger partial charge in [0.2, 0.25) is 0 Å². The van der Waals surface area contributed by atoms with E-state index in [2.05, 4.69) is 19.2 Å². The van der Waals surface area contributed by atoms with E-state index in [-0.39, 0.29) is 12.1 Å². The minimum Gasteiger partial charge on any atom is -0.396 e. The number of aliphatic hydroxyl groups excluding tert-OH is 1. The van der Waals surface area contributed by atoms with Gasteiger partial charge >= 0.3 is 0 Å². The van der Waals surface area contributed by atoms with E-state index in [1.54, 1.807) is 0 Å². The van der Waals surface area contributed by atoms with Gasteiger partial charge in [0.05, 0.1) is 0 Å². The van der Waals surface area contributed by atoms with E-state index < -0.39 is 0 Å². The van der Waals surface area contributed by atoms with Crippen LogP contribution in [-0.4, -0.2) is 17.3 Å². The fraction of sp³-hybridized carbons (Fsp3) is 0.538. The Morgan fingerprint density at radius 1 is 1.31 bits per heavy atom. The molecule has 1 aromatic rings. The summed E-state index contributed by atoms with van der Waals surface area (Å²) in [5, 5.41) is 13.2. The predicted molar refractivity (Wildman–Crippen MR) is 68.7 cm³/mol. The lowest BCUT2D eigenvalue weighted by Crippen LogP contribution is -2.42. The Hall–Kier alpha value is -0.570. The molecule has 3 heteroatoms. The second kappa shape index (κ2) is 6.24. The molecule has 1 atom stereocenters. The zero-order valence-corrected chi connectivity index (χ0v) is 10.7. The van der Waals surface area contributed by atoms with E-state index in [0.717, 1.165) is 24.4 Å². The maximum atomic E-state index is 9.01. The molecule has 2 N–H and O–H groups in total. The third-order valence-corrected chi connectivity index (χ3v) is 3.33. The van der Waals surface area contributed by atoms with Crippen molar-refractivity contribution in [1.82, 2.24) is 5.32 Å². The lowest BCUT2D eigenvalue weighted by atomic mass is 9.94. The van der Waals surface area contributed by atoms with Crippen LogP contribution in [0.2, 0.25) is 5.02 Å². The second-order valence-corrected chi connectivity index (χ2v) is 4.80. The van der Waals surface area contributed by atoms with Crippen molar-refractivity contribution < 1.29 is 5.11 Å². The molecular weight excluding hydrogens is 222 g/mol. The molecule has 0 amide bonds. The van der Waals surface area contributed by atoms with Crippen LogP contribution in [0.4, 0.5) is 0 Å². The van der Waals surface area contributed by atoms with Crippen LogP contribution in [0.1, 0.15) is 32.3 Å². The Bertz CT molecular complexity index is 312. The maximum absolute atomic E-state index is 9.01. The second-order valence-electron chi connectivity index (χ2n) is 4.37. The monoisotopic (exact) mass is 241 g/mol. The third-order valence-electron chi connectivity index (χ3n) is 3.08. The Balaban J connectivity index is 2.52. The molecule has 0 aliphatic carbocycles. The molecule has 16 heavy (non-hydrogen) atoms. The number of halogens is 1. The summed E-state index contributed by atoms with van der Waals surface area (Å²) in [6.45, 7) is 5.29. The molecule has 0 aliphatic heterocycles. The summed E-state index contributed by atoms with van der Waals surface area (Å²) >= 11 is 5.83. The Labute approximate surface area is 103 Å². The zero-order valence-electron chi connectivity index (χ0n) is 9.96. The van der Waals surface area contributed by atoms with Crippen molar-refractivity contribution in [3.63, 3.8) is 0 Å². The van der Waals surface area contributed by atoms with Crippen LogP contribution in [0.15, 0.2) is 24.3 Å². The largest absolute Gasteiger partial charge is 0.396 e. The van der Waals surface area contributed by atoms with Gasteiger partial charge in [-0.05, 0) is 37.5 Å². The van der Waals surface area contributed by atoms with Gasteiger partial charge < -0.3 is 10.4 Å². The van der Waals surface area contributed by atoms with Gasteiger partial charge in [-0.1, -0.05) is 30.7 Å². The molecule has 0 aliphatic rings. The standard InChI is InChI=1S/C13H20ClNO/c1-3-13(2,8-9-16)15-10-11-4-6-12(14)7-5-11/h4-7,15-16H,3,8-10H2,1-2H3. The summed E-state index contributed by atoms with van der Waals surface area (Å²) in [6.07, 6.45) is 1.78. The molecule has 1 unspecified atom stereocenters. The van der Waals surface area contributed by atoms with E-state index in [4.69, 9.17) is 16.7 Å². The van der Waals surface area contributed by atoms with Gasteiger partial charge in [0, 0.05) is 23.7 Å². The average molecular weight is 242 g/mol. The first kappa shape index (κ1) is 13.5. The lowest BCUT2D eigenvalue weighted by Gasteiger charge is -2.29. The first-order valence-corrected chi connectivity index (χ1v) is 6.08. The van der Waals surface area contributed by atoms with Gasteiger partial charge in [0.15, 0.2) is 0 Å². The van der Waals surface area contributed by atoms with Crippen LogP contribution in [0.5, 0.6) is 0 Å². The van der Waals surface area contributed by atoms with E-state index >= 15 is 0 Å². The van der Waals surface area contributed by atoms with Gasteiger partial charge in [-0.2, -0.15) is 0 Å². The predicted octanol–water partition coefficient (Wildman–Crippen LogP) is 2.98. The third kappa shape index (κ3) is 4.12. The summed E-state index contributed by atoms with van der Waals surface area (Å²) in [5.74, 6) is 0. The Kier molecular flexibility index (Phi) is 5.26. The molecule has 0 saturated heterocycles. The zero-order chi connectivity index (χ0) is 12.0. The smallest absolute Gasteiger partial charge is 0.0448 e. The van der Waals surface area contributed by atoms with E-state index in [9.17, 15) is 0 Å². The van der Waals surface area contributed by atoms with Crippen LogP contribution in [0, 0.1) is 0 Å². The number of hydrogen-bond donors (Lipinski definition) is 2. The number of hydrogen-bond acceptors (Lipinski definition) is 2. The molecule has 90 valence electrons. The number of benzene rings is 1. The van der Waals surface area contributed by atoms with Crippen molar-refractivity contribution in [3.8, 4) is 0 Å². The van der Waals surface area contributed by atoms with Crippen molar-refractivity contribution in [2.45, 2.75) is 38.8 Å². The average Bonchev–Trinajstić information content (AvgIpc) is 2.29. The molecule has 2 nitrogen and oxygen atoms in total. The van der Waals surface area contributed by atoms with Crippen molar-refractivity contribution in [2.24, 2.45) is 0 Å². The van der Waals surface area contributed by atoms with Gasteiger partial charge in [-0.3, -0.25) is 0 Å².